The molecule has 0 bridgehead atoms. The summed E-state index contributed by atoms with van der Waals surface area (Å²) in [4.78, 5) is 11.6. The first-order chi connectivity index (χ1) is 10.0. The van der Waals surface area contributed by atoms with Crippen molar-refractivity contribution in [1.29, 1.82) is 0 Å². The molecule has 0 amide bonds. The van der Waals surface area contributed by atoms with Gasteiger partial charge < -0.3 is 9.84 Å². The third-order valence-corrected chi connectivity index (χ3v) is 4.77. The van der Waals surface area contributed by atoms with Gasteiger partial charge in [0.2, 0.25) is 0 Å². The van der Waals surface area contributed by atoms with Crippen LogP contribution in [-0.2, 0) is 4.79 Å². The zero-order valence-corrected chi connectivity index (χ0v) is 13.2. The largest absolute Gasteiger partial charge is 0.494 e. The summed E-state index contributed by atoms with van der Waals surface area (Å²) in [7, 11) is 0. The fourth-order valence-electron chi connectivity index (χ4n) is 3.52. The quantitative estimate of drug-likeness (QED) is 0.878. The van der Waals surface area contributed by atoms with Crippen molar-refractivity contribution >= 4 is 5.97 Å². The van der Waals surface area contributed by atoms with Crippen molar-refractivity contribution in [3.63, 3.8) is 0 Å². The molecular formula is C18H26O3. The van der Waals surface area contributed by atoms with Gasteiger partial charge in [-0.25, -0.2) is 0 Å². The Kier molecular flexibility index (Phi) is 5.27. The molecule has 21 heavy (non-hydrogen) atoms. The molecule has 1 fully saturated rings. The number of benzene rings is 1. The predicted molar refractivity (Wildman–Crippen MR) is 83.7 cm³/mol. The first kappa shape index (κ1) is 15.9. The van der Waals surface area contributed by atoms with E-state index in [1.807, 2.05) is 31.2 Å². The molecule has 0 spiro atoms. The van der Waals surface area contributed by atoms with E-state index in [2.05, 4.69) is 13.8 Å². The van der Waals surface area contributed by atoms with Gasteiger partial charge in [-0.3, -0.25) is 4.79 Å². The van der Waals surface area contributed by atoms with Gasteiger partial charge in [-0.05, 0) is 49.7 Å². The van der Waals surface area contributed by atoms with Gasteiger partial charge in [0.15, 0.2) is 0 Å². The topological polar surface area (TPSA) is 46.5 Å². The first-order valence-corrected chi connectivity index (χ1v) is 7.99. The van der Waals surface area contributed by atoms with E-state index in [0.29, 0.717) is 18.4 Å². The van der Waals surface area contributed by atoms with E-state index in [1.165, 1.54) is 0 Å². The molecule has 1 aliphatic carbocycles. The standard InChI is InChI=1S/C18H26O3/c1-4-21-17-8-6-5-7-14(17)16-11-13(12(2)3)9-10-15(16)18(19)20/h5-8,12-13,15-16H,4,9-11H2,1-3H3,(H,19,20). The van der Waals surface area contributed by atoms with Gasteiger partial charge in [0.05, 0.1) is 12.5 Å². The number of ether oxygens (including phenoxy) is 1. The van der Waals surface area contributed by atoms with Crippen LogP contribution >= 0.6 is 0 Å². The lowest BCUT2D eigenvalue weighted by atomic mass is 9.68. The van der Waals surface area contributed by atoms with Crippen molar-refractivity contribution in [3.8, 4) is 5.75 Å². The Morgan fingerprint density at radius 1 is 1.33 bits per heavy atom. The van der Waals surface area contributed by atoms with Gasteiger partial charge in [0.25, 0.3) is 0 Å². The summed E-state index contributed by atoms with van der Waals surface area (Å²) in [6, 6.07) is 7.92. The number of carboxylic acids is 1. The summed E-state index contributed by atoms with van der Waals surface area (Å²) in [6.45, 7) is 7.03. The molecular weight excluding hydrogens is 264 g/mol. The molecule has 1 aromatic rings. The molecule has 3 unspecified atom stereocenters. The minimum atomic E-state index is -0.673. The molecule has 1 aromatic carbocycles. The third-order valence-electron chi connectivity index (χ3n) is 4.77. The lowest BCUT2D eigenvalue weighted by Crippen LogP contribution is -2.31. The van der Waals surface area contributed by atoms with Crippen LogP contribution < -0.4 is 4.74 Å². The highest BCUT2D eigenvalue weighted by Gasteiger charge is 2.37. The summed E-state index contributed by atoms with van der Waals surface area (Å²) in [5.41, 5.74) is 1.07. The van der Waals surface area contributed by atoms with Gasteiger partial charge in [0.1, 0.15) is 5.75 Å². The van der Waals surface area contributed by atoms with Crippen molar-refractivity contribution in [2.75, 3.05) is 6.61 Å². The average molecular weight is 290 g/mol. The highest BCUT2D eigenvalue weighted by molar-refractivity contribution is 5.72. The van der Waals surface area contributed by atoms with Crippen molar-refractivity contribution in [1.82, 2.24) is 0 Å². The summed E-state index contributed by atoms with van der Waals surface area (Å²) in [5, 5.41) is 9.57. The number of rotatable bonds is 5. The van der Waals surface area contributed by atoms with Crippen LogP contribution in [0.25, 0.3) is 0 Å². The van der Waals surface area contributed by atoms with Crippen molar-refractivity contribution in [3.05, 3.63) is 29.8 Å². The van der Waals surface area contributed by atoms with E-state index in [1.54, 1.807) is 0 Å². The number of hydrogen-bond donors (Lipinski definition) is 1. The van der Waals surface area contributed by atoms with E-state index in [9.17, 15) is 9.90 Å². The Bertz CT molecular complexity index is 481. The summed E-state index contributed by atoms with van der Waals surface area (Å²) in [5.74, 6) is 1.14. The number of para-hydroxylation sites is 1. The molecule has 3 heteroatoms. The number of carboxylic acid groups (broad SMARTS) is 1. The Hall–Kier alpha value is -1.51. The van der Waals surface area contributed by atoms with Crippen LogP contribution in [0.1, 0.15) is 51.5 Å². The normalized spacial score (nSPS) is 25.8. The van der Waals surface area contributed by atoms with E-state index in [0.717, 1.165) is 30.6 Å². The zero-order chi connectivity index (χ0) is 15.4. The second-order valence-corrected chi connectivity index (χ2v) is 6.34. The van der Waals surface area contributed by atoms with Gasteiger partial charge >= 0.3 is 5.97 Å². The van der Waals surface area contributed by atoms with Gasteiger partial charge in [-0.2, -0.15) is 0 Å². The SMILES string of the molecule is CCOc1ccccc1C1CC(C(C)C)CCC1C(=O)O. The second kappa shape index (κ2) is 6.97. The molecule has 1 aliphatic rings. The minimum Gasteiger partial charge on any atom is -0.494 e. The van der Waals surface area contributed by atoms with Crippen LogP contribution in [0.5, 0.6) is 5.75 Å². The third kappa shape index (κ3) is 3.58. The predicted octanol–water partition coefficient (Wildman–Crippen LogP) is 4.33. The maximum absolute atomic E-state index is 11.6. The molecule has 1 saturated carbocycles. The molecule has 2 rings (SSSR count). The highest BCUT2D eigenvalue weighted by Crippen LogP contribution is 2.45. The van der Waals surface area contributed by atoms with E-state index in [-0.39, 0.29) is 11.8 Å². The Morgan fingerprint density at radius 3 is 2.67 bits per heavy atom. The van der Waals surface area contributed by atoms with Gasteiger partial charge in [-0.15, -0.1) is 0 Å². The lowest BCUT2D eigenvalue weighted by Gasteiger charge is -2.36. The van der Waals surface area contributed by atoms with Gasteiger partial charge in [-0.1, -0.05) is 32.0 Å². The summed E-state index contributed by atoms with van der Waals surface area (Å²) in [6.07, 6.45) is 2.73. The first-order valence-electron chi connectivity index (χ1n) is 7.99. The Morgan fingerprint density at radius 2 is 2.05 bits per heavy atom. The average Bonchev–Trinajstić information content (AvgIpc) is 2.47. The fourth-order valence-corrected chi connectivity index (χ4v) is 3.52. The van der Waals surface area contributed by atoms with Crippen LogP contribution in [0.2, 0.25) is 0 Å². The number of aliphatic carboxylic acids is 1. The second-order valence-electron chi connectivity index (χ2n) is 6.34. The minimum absolute atomic E-state index is 0.0615. The van der Waals surface area contributed by atoms with Crippen LogP contribution in [-0.4, -0.2) is 17.7 Å². The molecule has 3 nitrogen and oxygen atoms in total. The Labute approximate surface area is 127 Å². The van der Waals surface area contributed by atoms with Crippen LogP contribution in [0.15, 0.2) is 24.3 Å². The molecule has 0 aliphatic heterocycles. The van der Waals surface area contributed by atoms with Crippen molar-refractivity contribution in [2.45, 2.75) is 46.0 Å². The lowest BCUT2D eigenvalue weighted by molar-refractivity contribution is -0.144. The smallest absolute Gasteiger partial charge is 0.307 e. The maximum atomic E-state index is 11.6. The zero-order valence-electron chi connectivity index (χ0n) is 13.2. The molecule has 0 saturated heterocycles. The van der Waals surface area contributed by atoms with E-state index >= 15 is 0 Å². The van der Waals surface area contributed by atoms with Crippen LogP contribution in [0, 0.1) is 17.8 Å². The highest BCUT2D eigenvalue weighted by atomic mass is 16.5. The Balaban J connectivity index is 2.33. The number of carbonyl (C=O) groups is 1. The van der Waals surface area contributed by atoms with Crippen LogP contribution in [0.4, 0.5) is 0 Å². The van der Waals surface area contributed by atoms with Gasteiger partial charge in [0, 0.05) is 5.92 Å². The molecule has 1 N–H and O–H groups in total. The molecule has 0 radical (unpaired) electrons. The molecule has 0 heterocycles. The maximum Gasteiger partial charge on any atom is 0.307 e. The van der Waals surface area contributed by atoms with Crippen molar-refractivity contribution < 1.29 is 14.6 Å². The van der Waals surface area contributed by atoms with Crippen LogP contribution in [0.3, 0.4) is 0 Å². The fraction of sp³-hybridized carbons (Fsp3) is 0.611. The summed E-state index contributed by atoms with van der Waals surface area (Å²) >= 11 is 0. The molecule has 0 aromatic heterocycles. The van der Waals surface area contributed by atoms with E-state index < -0.39 is 5.97 Å². The number of hydrogen-bond acceptors (Lipinski definition) is 2. The molecule has 3 atom stereocenters. The molecule has 116 valence electrons. The van der Waals surface area contributed by atoms with E-state index in [4.69, 9.17) is 4.74 Å². The van der Waals surface area contributed by atoms with Crippen molar-refractivity contribution in [2.24, 2.45) is 17.8 Å². The summed E-state index contributed by atoms with van der Waals surface area (Å²) < 4.78 is 5.72. The monoisotopic (exact) mass is 290 g/mol.